The molecule has 1 aliphatic heterocycles. The highest BCUT2D eigenvalue weighted by atomic mass is 14.9. The van der Waals surface area contributed by atoms with Crippen LogP contribution in [0.5, 0.6) is 0 Å². The van der Waals surface area contributed by atoms with E-state index in [4.69, 9.17) is 0 Å². The van der Waals surface area contributed by atoms with Gasteiger partial charge in [-0.05, 0) is 43.2 Å². The first-order valence-corrected chi connectivity index (χ1v) is 5.22. The van der Waals surface area contributed by atoms with Crippen molar-refractivity contribution in [3.8, 4) is 0 Å². The molecule has 1 N–H and O–H groups in total. The molecule has 0 aromatic heterocycles. The molecule has 0 amide bonds. The van der Waals surface area contributed by atoms with E-state index in [2.05, 4.69) is 33.0 Å². The summed E-state index contributed by atoms with van der Waals surface area (Å²) < 4.78 is 0. The summed E-state index contributed by atoms with van der Waals surface area (Å²) >= 11 is 0. The zero-order valence-corrected chi connectivity index (χ0v) is 8.98. The fourth-order valence-corrected chi connectivity index (χ4v) is 2.37. The van der Waals surface area contributed by atoms with Gasteiger partial charge in [0.1, 0.15) is 0 Å². The molecule has 2 atom stereocenters. The molecule has 1 heteroatoms. The van der Waals surface area contributed by atoms with Crippen molar-refractivity contribution in [3.63, 3.8) is 0 Å². The average Bonchev–Trinajstić information content (AvgIpc) is 2.11. The zero-order chi connectivity index (χ0) is 9.19. The minimum atomic E-state index is 0.469. The first-order chi connectivity index (χ1) is 5.52. The standard InChI is InChI=1S/C11H23N/c1-9-6-5-7-12-8-10(9)11(2,3)4/h9-10,12H,5-8H2,1-4H3/t9-,10?/m1/s1. The summed E-state index contributed by atoms with van der Waals surface area (Å²) in [6.07, 6.45) is 2.75. The zero-order valence-electron chi connectivity index (χ0n) is 8.98. The highest BCUT2D eigenvalue weighted by Gasteiger charge is 2.30. The van der Waals surface area contributed by atoms with E-state index in [0.29, 0.717) is 5.41 Å². The third kappa shape index (κ3) is 2.48. The van der Waals surface area contributed by atoms with Gasteiger partial charge in [-0.25, -0.2) is 0 Å². The molecule has 0 aromatic carbocycles. The van der Waals surface area contributed by atoms with E-state index >= 15 is 0 Å². The first kappa shape index (κ1) is 10.0. The SMILES string of the molecule is C[C@@H]1CCCNCC1C(C)(C)C. The minimum absolute atomic E-state index is 0.469. The molecule has 1 unspecified atom stereocenters. The van der Waals surface area contributed by atoms with Gasteiger partial charge in [0.15, 0.2) is 0 Å². The van der Waals surface area contributed by atoms with E-state index in [1.165, 1.54) is 25.9 Å². The van der Waals surface area contributed by atoms with E-state index < -0.39 is 0 Å². The Hall–Kier alpha value is -0.0400. The Morgan fingerprint density at radius 2 is 1.92 bits per heavy atom. The van der Waals surface area contributed by atoms with Crippen molar-refractivity contribution in [1.82, 2.24) is 5.32 Å². The lowest BCUT2D eigenvalue weighted by Gasteiger charge is -2.34. The molecule has 1 fully saturated rings. The molecule has 1 heterocycles. The Kier molecular flexibility index (Phi) is 3.16. The van der Waals surface area contributed by atoms with Crippen molar-refractivity contribution in [2.24, 2.45) is 17.3 Å². The maximum absolute atomic E-state index is 3.53. The third-order valence-corrected chi connectivity index (χ3v) is 3.18. The second-order valence-corrected chi connectivity index (χ2v) is 5.30. The summed E-state index contributed by atoms with van der Waals surface area (Å²) in [6, 6.07) is 0. The predicted molar refractivity (Wildman–Crippen MR) is 54.2 cm³/mol. The Labute approximate surface area is 76.9 Å². The maximum Gasteiger partial charge on any atom is -0.00130 e. The lowest BCUT2D eigenvalue weighted by Crippen LogP contribution is -2.33. The Balaban J connectivity index is 2.59. The lowest BCUT2D eigenvalue weighted by atomic mass is 9.73. The van der Waals surface area contributed by atoms with Crippen molar-refractivity contribution >= 4 is 0 Å². The van der Waals surface area contributed by atoms with E-state index in [9.17, 15) is 0 Å². The van der Waals surface area contributed by atoms with Crippen LogP contribution in [-0.2, 0) is 0 Å². The van der Waals surface area contributed by atoms with E-state index in [1.54, 1.807) is 0 Å². The molecular weight excluding hydrogens is 146 g/mol. The normalized spacial score (nSPS) is 33.0. The summed E-state index contributed by atoms with van der Waals surface area (Å²) in [5, 5.41) is 3.53. The molecule has 0 aromatic rings. The molecule has 0 saturated carbocycles. The number of nitrogens with one attached hydrogen (secondary N) is 1. The molecule has 12 heavy (non-hydrogen) atoms. The molecule has 1 saturated heterocycles. The summed E-state index contributed by atoms with van der Waals surface area (Å²) in [5.41, 5.74) is 0.469. The van der Waals surface area contributed by atoms with Crippen LogP contribution in [0, 0.1) is 17.3 Å². The van der Waals surface area contributed by atoms with E-state index in [0.717, 1.165) is 11.8 Å². The summed E-state index contributed by atoms with van der Waals surface area (Å²) in [7, 11) is 0. The fourth-order valence-electron chi connectivity index (χ4n) is 2.37. The smallest absolute Gasteiger partial charge is 0.00130 e. The molecule has 72 valence electrons. The maximum atomic E-state index is 3.53. The highest BCUT2D eigenvalue weighted by Crippen LogP contribution is 2.34. The second-order valence-electron chi connectivity index (χ2n) is 5.30. The van der Waals surface area contributed by atoms with Gasteiger partial charge in [-0.1, -0.05) is 27.7 Å². The largest absolute Gasteiger partial charge is 0.316 e. The van der Waals surface area contributed by atoms with Crippen LogP contribution >= 0.6 is 0 Å². The predicted octanol–water partition coefficient (Wildman–Crippen LogP) is 2.67. The molecule has 1 rings (SSSR count). The topological polar surface area (TPSA) is 12.0 Å². The highest BCUT2D eigenvalue weighted by molar-refractivity contribution is 4.82. The summed E-state index contributed by atoms with van der Waals surface area (Å²) in [4.78, 5) is 0. The Bertz CT molecular complexity index is 134. The molecule has 0 bridgehead atoms. The van der Waals surface area contributed by atoms with Crippen LogP contribution in [0.25, 0.3) is 0 Å². The van der Waals surface area contributed by atoms with Gasteiger partial charge in [0.25, 0.3) is 0 Å². The number of hydrogen-bond donors (Lipinski definition) is 1. The van der Waals surface area contributed by atoms with Crippen LogP contribution in [0.1, 0.15) is 40.5 Å². The molecule has 1 nitrogen and oxygen atoms in total. The van der Waals surface area contributed by atoms with Gasteiger partial charge in [0, 0.05) is 0 Å². The van der Waals surface area contributed by atoms with Crippen LogP contribution < -0.4 is 5.32 Å². The van der Waals surface area contributed by atoms with Crippen molar-refractivity contribution in [3.05, 3.63) is 0 Å². The van der Waals surface area contributed by atoms with E-state index in [1.807, 2.05) is 0 Å². The van der Waals surface area contributed by atoms with Gasteiger partial charge >= 0.3 is 0 Å². The van der Waals surface area contributed by atoms with Crippen molar-refractivity contribution in [2.45, 2.75) is 40.5 Å². The van der Waals surface area contributed by atoms with Crippen LogP contribution in [0.4, 0.5) is 0 Å². The Morgan fingerprint density at radius 3 is 2.50 bits per heavy atom. The Morgan fingerprint density at radius 1 is 1.25 bits per heavy atom. The van der Waals surface area contributed by atoms with Gasteiger partial charge in [-0.3, -0.25) is 0 Å². The van der Waals surface area contributed by atoms with Crippen LogP contribution in [0.2, 0.25) is 0 Å². The van der Waals surface area contributed by atoms with Crippen LogP contribution in [0.15, 0.2) is 0 Å². The number of rotatable bonds is 0. The van der Waals surface area contributed by atoms with Gasteiger partial charge in [0.2, 0.25) is 0 Å². The van der Waals surface area contributed by atoms with E-state index in [-0.39, 0.29) is 0 Å². The van der Waals surface area contributed by atoms with Crippen molar-refractivity contribution in [1.29, 1.82) is 0 Å². The molecule has 0 spiro atoms. The van der Waals surface area contributed by atoms with Gasteiger partial charge < -0.3 is 5.32 Å². The van der Waals surface area contributed by atoms with Crippen LogP contribution in [0.3, 0.4) is 0 Å². The monoisotopic (exact) mass is 169 g/mol. The average molecular weight is 169 g/mol. The summed E-state index contributed by atoms with van der Waals surface area (Å²) in [6.45, 7) is 11.9. The quantitative estimate of drug-likeness (QED) is 0.588. The first-order valence-electron chi connectivity index (χ1n) is 5.22. The van der Waals surface area contributed by atoms with Gasteiger partial charge in [0.05, 0.1) is 0 Å². The molecule has 0 aliphatic carbocycles. The summed E-state index contributed by atoms with van der Waals surface area (Å²) in [5.74, 6) is 1.74. The third-order valence-electron chi connectivity index (χ3n) is 3.18. The van der Waals surface area contributed by atoms with Crippen molar-refractivity contribution < 1.29 is 0 Å². The van der Waals surface area contributed by atoms with Gasteiger partial charge in [-0.15, -0.1) is 0 Å². The molecule has 1 aliphatic rings. The number of hydrogen-bond acceptors (Lipinski definition) is 1. The van der Waals surface area contributed by atoms with Gasteiger partial charge in [-0.2, -0.15) is 0 Å². The second kappa shape index (κ2) is 3.78. The van der Waals surface area contributed by atoms with Crippen LogP contribution in [-0.4, -0.2) is 13.1 Å². The van der Waals surface area contributed by atoms with Crippen molar-refractivity contribution in [2.75, 3.05) is 13.1 Å². The minimum Gasteiger partial charge on any atom is -0.316 e. The fraction of sp³-hybridized carbons (Fsp3) is 1.00. The molecule has 0 radical (unpaired) electrons. The lowest BCUT2D eigenvalue weighted by molar-refractivity contribution is 0.170. The molecular formula is C11H23N.